The highest BCUT2D eigenvalue weighted by Crippen LogP contribution is 2.35. The van der Waals surface area contributed by atoms with Gasteiger partial charge in [0, 0.05) is 5.56 Å². The molecule has 1 aromatic carbocycles. The van der Waals surface area contributed by atoms with E-state index in [0.29, 0.717) is 4.88 Å². The second kappa shape index (κ2) is 4.94. The minimum Gasteiger partial charge on any atom is -0.465 e. The number of aryl methyl sites for hydroxylation is 3. The predicted octanol–water partition coefficient (Wildman–Crippen LogP) is 4.13. The van der Waals surface area contributed by atoms with Gasteiger partial charge in [-0.15, -0.1) is 11.3 Å². The Kier molecular flexibility index (Phi) is 3.53. The van der Waals surface area contributed by atoms with E-state index in [-0.39, 0.29) is 5.97 Å². The van der Waals surface area contributed by atoms with Gasteiger partial charge >= 0.3 is 5.97 Å². The van der Waals surface area contributed by atoms with E-state index in [1.54, 1.807) is 0 Å². The molecule has 0 saturated carbocycles. The van der Waals surface area contributed by atoms with E-state index < -0.39 is 0 Å². The molecule has 0 atom stereocenters. The Balaban J connectivity index is 2.63. The second-order valence-electron chi connectivity index (χ2n) is 4.43. The molecule has 0 bridgehead atoms. The second-order valence-corrected chi connectivity index (χ2v) is 5.31. The molecule has 3 heteroatoms. The number of carbonyl (C=O) groups excluding carboxylic acids is 1. The summed E-state index contributed by atoms with van der Waals surface area (Å²) in [7, 11) is 1.42. The first-order chi connectivity index (χ1) is 8.54. The van der Waals surface area contributed by atoms with Crippen LogP contribution in [0.15, 0.2) is 23.6 Å². The van der Waals surface area contributed by atoms with Crippen LogP contribution >= 0.6 is 11.3 Å². The van der Waals surface area contributed by atoms with Crippen LogP contribution in [0.3, 0.4) is 0 Å². The van der Waals surface area contributed by atoms with Crippen molar-refractivity contribution in [1.82, 2.24) is 0 Å². The molecule has 0 spiro atoms. The highest BCUT2D eigenvalue weighted by molar-refractivity contribution is 7.12. The summed E-state index contributed by atoms with van der Waals surface area (Å²) in [6, 6.07) is 6.28. The fraction of sp³-hybridized carbons (Fsp3) is 0.267. The molecule has 94 valence electrons. The van der Waals surface area contributed by atoms with Gasteiger partial charge < -0.3 is 4.74 Å². The third kappa shape index (κ3) is 2.18. The molecule has 2 nitrogen and oxygen atoms in total. The summed E-state index contributed by atoms with van der Waals surface area (Å²) in [5.41, 5.74) is 5.64. The van der Waals surface area contributed by atoms with Crippen LogP contribution in [0.25, 0.3) is 11.1 Å². The first-order valence-corrected chi connectivity index (χ1v) is 6.66. The molecular formula is C15H16O2S. The summed E-state index contributed by atoms with van der Waals surface area (Å²) in [5.74, 6) is -0.261. The number of thiophene rings is 1. The zero-order valence-electron chi connectivity index (χ0n) is 11.0. The van der Waals surface area contributed by atoms with Crippen LogP contribution in [0.5, 0.6) is 0 Å². The van der Waals surface area contributed by atoms with Gasteiger partial charge in [-0.1, -0.05) is 23.8 Å². The van der Waals surface area contributed by atoms with Crippen LogP contribution in [0, 0.1) is 20.8 Å². The summed E-state index contributed by atoms with van der Waals surface area (Å²) < 4.78 is 4.85. The number of benzene rings is 1. The zero-order valence-corrected chi connectivity index (χ0v) is 11.9. The number of carbonyl (C=O) groups is 1. The molecule has 0 unspecified atom stereocenters. The first-order valence-electron chi connectivity index (χ1n) is 5.78. The van der Waals surface area contributed by atoms with Crippen molar-refractivity contribution in [1.29, 1.82) is 0 Å². The summed E-state index contributed by atoms with van der Waals surface area (Å²) >= 11 is 1.44. The number of ether oxygens (including phenoxy) is 1. The van der Waals surface area contributed by atoms with E-state index in [2.05, 4.69) is 32.0 Å². The third-order valence-electron chi connectivity index (χ3n) is 3.00. The van der Waals surface area contributed by atoms with E-state index in [0.717, 1.165) is 16.7 Å². The number of hydrogen-bond donors (Lipinski definition) is 0. The lowest BCUT2D eigenvalue weighted by Gasteiger charge is -2.09. The van der Waals surface area contributed by atoms with Gasteiger partial charge in [0.15, 0.2) is 0 Å². The molecule has 1 heterocycles. The maximum absolute atomic E-state index is 11.8. The van der Waals surface area contributed by atoms with Gasteiger partial charge in [-0.3, -0.25) is 0 Å². The summed E-state index contributed by atoms with van der Waals surface area (Å²) in [6.07, 6.45) is 0. The molecule has 0 N–H and O–H groups in total. The van der Waals surface area contributed by atoms with Crippen molar-refractivity contribution in [2.45, 2.75) is 20.8 Å². The van der Waals surface area contributed by atoms with Crippen molar-refractivity contribution >= 4 is 17.3 Å². The van der Waals surface area contributed by atoms with Gasteiger partial charge in [0.1, 0.15) is 4.88 Å². The monoisotopic (exact) mass is 260 g/mol. The number of rotatable bonds is 2. The molecule has 2 rings (SSSR count). The van der Waals surface area contributed by atoms with Crippen molar-refractivity contribution < 1.29 is 9.53 Å². The molecule has 18 heavy (non-hydrogen) atoms. The van der Waals surface area contributed by atoms with Crippen molar-refractivity contribution in [3.63, 3.8) is 0 Å². The van der Waals surface area contributed by atoms with Crippen LogP contribution in [0.2, 0.25) is 0 Å². The van der Waals surface area contributed by atoms with Crippen LogP contribution < -0.4 is 0 Å². The average molecular weight is 260 g/mol. The Labute approximate surface area is 111 Å². The van der Waals surface area contributed by atoms with Crippen LogP contribution in [-0.4, -0.2) is 13.1 Å². The number of methoxy groups -OCH3 is 1. The van der Waals surface area contributed by atoms with Crippen molar-refractivity contribution in [2.24, 2.45) is 0 Å². The van der Waals surface area contributed by atoms with Gasteiger partial charge in [0.05, 0.1) is 7.11 Å². The maximum Gasteiger partial charge on any atom is 0.348 e. The minimum atomic E-state index is -0.261. The Morgan fingerprint density at radius 1 is 1.17 bits per heavy atom. The Bertz CT molecular complexity index is 597. The minimum absolute atomic E-state index is 0.261. The van der Waals surface area contributed by atoms with Crippen molar-refractivity contribution in [3.8, 4) is 11.1 Å². The predicted molar refractivity (Wildman–Crippen MR) is 75.3 cm³/mol. The molecule has 0 saturated heterocycles. The molecule has 0 aliphatic rings. The van der Waals surface area contributed by atoms with Crippen molar-refractivity contribution in [3.05, 3.63) is 45.1 Å². The lowest BCUT2D eigenvalue weighted by molar-refractivity contribution is 0.0607. The Morgan fingerprint density at radius 3 is 2.50 bits per heavy atom. The smallest absolute Gasteiger partial charge is 0.348 e. The van der Waals surface area contributed by atoms with Gasteiger partial charge in [-0.05, 0) is 42.8 Å². The van der Waals surface area contributed by atoms with E-state index in [1.165, 1.54) is 29.6 Å². The summed E-state index contributed by atoms with van der Waals surface area (Å²) in [5, 5.41) is 2.00. The molecule has 0 amide bonds. The fourth-order valence-corrected chi connectivity index (χ4v) is 3.10. The van der Waals surface area contributed by atoms with Crippen LogP contribution in [-0.2, 0) is 4.74 Å². The lowest BCUT2D eigenvalue weighted by Crippen LogP contribution is -2.01. The molecule has 1 aromatic heterocycles. The molecule has 0 fully saturated rings. The van der Waals surface area contributed by atoms with Crippen LogP contribution in [0.4, 0.5) is 0 Å². The van der Waals surface area contributed by atoms with Crippen LogP contribution in [0.1, 0.15) is 26.4 Å². The Hall–Kier alpha value is -1.61. The van der Waals surface area contributed by atoms with E-state index in [1.807, 2.05) is 12.3 Å². The number of esters is 1. The summed E-state index contributed by atoms with van der Waals surface area (Å²) in [6.45, 7) is 6.16. The molecule has 2 aromatic rings. The Morgan fingerprint density at radius 2 is 1.89 bits per heavy atom. The fourth-order valence-electron chi connectivity index (χ4n) is 2.12. The third-order valence-corrected chi connectivity index (χ3v) is 4.07. The van der Waals surface area contributed by atoms with Crippen molar-refractivity contribution in [2.75, 3.05) is 7.11 Å². The topological polar surface area (TPSA) is 26.3 Å². The SMILES string of the molecule is COC(=O)c1scc(C)c1-c1ccc(C)cc1C. The van der Waals surface area contributed by atoms with Gasteiger partial charge in [0.25, 0.3) is 0 Å². The standard InChI is InChI=1S/C15H16O2S/c1-9-5-6-12(10(2)7-9)13-11(3)8-18-14(13)15(16)17-4/h5-8H,1-4H3. The largest absolute Gasteiger partial charge is 0.465 e. The van der Waals surface area contributed by atoms with Gasteiger partial charge in [-0.2, -0.15) is 0 Å². The quantitative estimate of drug-likeness (QED) is 0.759. The van der Waals surface area contributed by atoms with E-state index in [9.17, 15) is 4.79 Å². The summed E-state index contributed by atoms with van der Waals surface area (Å²) in [4.78, 5) is 12.5. The van der Waals surface area contributed by atoms with E-state index >= 15 is 0 Å². The average Bonchev–Trinajstić information content (AvgIpc) is 2.70. The number of hydrogen-bond acceptors (Lipinski definition) is 3. The first kappa shape index (κ1) is 12.8. The molecular weight excluding hydrogens is 244 g/mol. The lowest BCUT2D eigenvalue weighted by atomic mass is 9.96. The van der Waals surface area contributed by atoms with Gasteiger partial charge in [-0.25, -0.2) is 4.79 Å². The van der Waals surface area contributed by atoms with E-state index in [4.69, 9.17) is 4.74 Å². The highest BCUT2D eigenvalue weighted by atomic mass is 32.1. The zero-order chi connectivity index (χ0) is 13.3. The molecule has 0 aliphatic carbocycles. The maximum atomic E-state index is 11.8. The molecule has 0 aliphatic heterocycles. The highest BCUT2D eigenvalue weighted by Gasteiger charge is 2.19. The normalized spacial score (nSPS) is 10.4. The van der Waals surface area contributed by atoms with Gasteiger partial charge in [0.2, 0.25) is 0 Å². The molecule has 0 radical (unpaired) electrons.